The number of nitrogens with one attached hydrogen (secondary N) is 2. The molecular formula is C21H28N6S. The molecule has 1 fully saturated rings. The zero-order chi connectivity index (χ0) is 19.3. The lowest BCUT2D eigenvalue weighted by Gasteiger charge is -2.27. The van der Waals surface area contributed by atoms with E-state index < -0.39 is 0 Å². The number of benzene rings is 1. The normalized spacial score (nSPS) is 16.6. The van der Waals surface area contributed by atoms with Crippen LogP contribution in [0.15, 0.2) is 46.8 Å². The Labute approximate surface area is 170 Å². The van der Waals surface area contributed by atoms with Gasteiger partial charge >= 0.3 is 0 Å². The third kappa shape index (κ3) is 4.05. The van der Waals surface area contributed by atoms with Crippen LogP contribution in [0.1, 0.15) is 29.6 Å². The van der Waals surface area contributed by atoms with Gasteiger partial charge in [-0.3, -0.25) is 9.89 Å². The second-order valence-electron chi connectivity index (χ2n) is 7.16. The quantitative estimate of drug-likeness (QED) is 0.496. The van der Waals surface area contributed by atoms with Crippen LogP contribution in [-0.4, -0.2) is 47.1 Å². The molecule has 1 atom stereocenters. The van der Waals surface area contributed by atoms with Gasteiger partial charge in [-0.05, 0) is 49.5 Å². The lowest BCUT2D eigenvalue weighted by atomic mass is 10.2. The number of aromatic nitrogens is 2. The standard InChI is InChI=1S/C21H28N6S/c1-22-21(24-15-20-25-16-8-3-4-9-17(16)26(20)2)23-14-18(19-10-7-13-28-19)27-11-5-6-12-27/h3-4,7-10,13,18H,5-6,11-12,14-15H2,1-2H3,(H2,22,23,24). The van der Waals surface area contributed by atoms with Crippen molar-refractivity contribution in [1.82, 2.24) is 25.1 Å². The van der Waals surface area contributed by atoms with Crippen molar-refractivity contribution >= 4 is 28.3 Å². The molecule has 0 amide bonds. The van der Waals surface area contributed by atoms with Crippen molar-refractivity contribution in [1.29, 1.82) is 0 Å². The molecule has 1 unspecified atom stereocenters. The maximum Gasteiger partial charge on any atom is 0.191 e. The van der Waals surface area contributed by atoms with E-state index in [4.69, 9.17) is 4.98 Å². The van der Waals surface area contributed by atoms with Crippen LogP contribution in [0.3, 0.4) is 0 Å². The summed E-state index contributed by atoms with van der Waals surface area (Å²) in [5.41, 5.74) is 2.17. The molecule has 3 aromatic rings. The van der Waals surface area contributed by atoms with Gasteiger partial charge in [0.1, 0.15) is 5.82 Å². The molecule has 2 N–H and O–H groups in total. The van der Waals surface area contributed by atoms with Crippen molar-refractivity contribution in [3.63, 3.8) is 0 Å². The van der Waals surface area contributed by atoms with E-state index in [0.29, 0.717) is 12.6 Å². The Morgan fingerprint density at radius 2 is 2.00 bits per heavy atom. The van der Waals surface area contributed by atoms with Crippen LogP contribution in [0.4, 0.5) is 0 Å². The summed E-state index contributed by atoms with van der Waals surface area (Å²) < 4.78 is 2.13. The molecule has 0 spiro atoms. The van der Waals surface area contributed by atoms with Gasteiger partial charge in [0.05, 0.1) is 23.6 Å². The fourth-order valence-corrected chi connectivity index (χ4v) is 4.73. The average Bonchev–Trinajstić information content (AvgIpc) is 3.48. The molecule has 0 aliphatic carbocycles. The van der Waals surface area contributed by atoms with Crippen molar-refractivity contribution in [2.75, 3.05) is 26.7 Å². The molecule has 0 saturated carbocycles. The smallest absolute Gasteiger partial charge is 0.191 e. The predicted octanol–water partition coefficient (Wildman–Crippen LogP) is 3.14. The molecule has 0 bridgehead atoms. The summed E-state index contributed by atoms with van der Waals surface area (Å²) in [6.45, 7) is 3.84. The first kappa shape index (κ1) is 19.0. The van der Waals surface area contributed by atoms with Crippen LogP contribution in [0.2, 0.25) is 0 Å². The molecule has 28 heavy (non-hydrogen) atoms. The Bertz CT molecular complexity index is 924. The van der Waals surface area contributed by atoms with E-state index in [1.165, 1.54) is 30.8 Å². The van der Waals surface area contributed by atoms with Gasteiger partial charge in [0.15, 0.2) is 5.96 Å². The summed E-state index contributed by atoms with van der Waals surface area (Å²) in [5, 5.41) is 9.11. The van der Waals surface area contributed by atoms with Gasteiger partial charge < -0.3 is 15.2 Å². The zero-order valence-electron chi connectivity index (χ0n) is 16.6. The number of fused-ring (bicyclic) bond motifs is 1. The molecule has 4 rings (SSSR count). The monoisotopic (exact) mass is 396 g/mol. The molecule has 0 radical (unpaired) electrons. The summed E-state index contributed by atoms with van der Waals surface area (Å²) in [6, 6.07) is 13.0. The highest BCUT2D eigenvalue weighted by Crippen LogP contribution is 2.27. The first-order valence-corrected chi connectivity index (χ1v) is 10.8. The number of guanidine groups is 1. The van der Waals surface area contributed by atoms with Crippen molar-refractivity contribution in [3.05, 3.63) is 52.5 Å². The van der Waals surface area contributed by atoms with Crippen molar-refractivity contribution < 1.29 is 0 Å². The summed E-state index contributed by atoms with van der Waals surface area (Å²) in [4.78, 5) is 13.1. The van der Waals surface area contributed by atoms with E-state index in [9.17, 15) is 0 Å². The third-order valence-electron chi connectivity index (χ3n) is 5.43. The first-order valence-electron chi connectivity index (χ1n) is 9.88. The number of likely N-dealkylation sites (tertiary alicyclic amines) is 1. The number of rotatable bonds is 6. The van der Waals surface area contributed by atoms with Crippen LogP contribution in [-0.2, 0) is 13.6 Å². The molecule has 1 aliphatic rings. The summed E-state index contributed by atoms with van der Waals surface area (Å²) in [6.07, 6.45) is 2.59. The van der Waals surface area contributed by atoms with E-state index in [2.05, 4.69) is 55.7 Å². The van der Waals surface area contributed by atoms with Gasteiger partial charge in [-0.25, -0.2) is 4.98 Å². The van der Waals surface area contributed by atoms with E-state index in [1.54, 1.807) is 0 Å². The highest BCUT2D eigenvalue weighted by atomic mass is 32.1. The Kier molecular flexibility index (Phi) is 5.92. The molecule has 2 aromatic heterocycles. The largest absolute Gasteiger partial charge is 0.354 e. The Morgan fingerprint density at radius 3 is 2.71 bits per heavy atom. The SMILES string of the molecule is CN=C(NCc1nc2ccccc2n1C)NCC(c1cccs1)N1CCCC1. The number of hydrogen-bond donors (Lipinski definition) is 2. The number of hydrogen-bond acceptors (Lipinski definition) is 4. The molecular weight excluding hydrogens is 368 g/mol. The van der Waals surface area contributed by atoms with Crippen molar-refractivity contribution in [3.8, 4) is 0 Å². The third-order valence-corrected chi connectivity index (χ3v) is 6.41. The number of nitrogens with zero attached hydrogens (tertiary/aromatic N) is 4. The lowest BCUT2D eigenvalue weighted by Crippen LogP contribution is -2.42. The number of thiophene rings is 1. The summed E-state index contributed by atoms with van der Waals surface area (Å²) >= 11 is 1.84. The van der Waals surface area contributed by atoms with Gasteiger partial charge in [-0.15, -0.1) is 11.3 Å². The van der Waals surface area contributed by atoms with E-state index >= 15 is 0 Å². The number of aliphatic imine (C=N–C) groups is 1. The Hall–Kier alpha value is -2.38. The molecule has 1 aliphatic heterocycles. The highest BCUT2D eigenvalue weighted by Gasteiger charge is 2.24. The molecule has 6 nitrogen and oxygen atoms in total. The Morgan fingerprint density at radius 1 is 1.18 bits per heavy atom. The van der Waals surface area contributed by atoms with Gasteiger partial charge in [-0.1, -0.05) is 18.2 Å². The van der Waals surface area contributed by atoms with Crippen LogP contribution < -0.4 is 10.6 Å². The Balaban J connectivity index is 1.39. The minimum absolute atomic E-state index is 0.400. The summed E-state index contributed by atoms with van der Waals surface area (Å²) in [7, 11) is 3.88. The van der Waals surface area contributed by atoms with Crippen molar-refractivity contribution in [2.45, 2.75) is 25.4 Å². The number of imidazole rings is 1. The minimum atomic E-state index is 0.400. The predicted molar refractivity (Wildman–Crippen MR) is 117 cm³/mol. The topological polar surface area (TPSA) is 57.5 Å². The molecule has 3 heterocycles. The zero-order valence-corrected chi connectivity index (χ0v) is 17.4. The van der Waals surface area contributed by atoms with Gasteiger partial charge in [0, 0.05) is 25.5 Å². The maximum absolute atomic E-state index is 4.73. The molecule has 1 saturated heterocycles. The van der Waals surface area contributed by atoms with Gasteiger partial charge in [0.25, 0.3) is 0 Å². The molecule has 7 heteroatoms. The maximum atomic E-state index is 4.73. The minimum Gasteiger partial charge on any atom is -0.354 e. The van der Waals surface area contributed by atoms with E-state index in [0.717, 1.165) is 29.4 Å². The van der Waals surface area contributed by atoms with Gasteiger partial charge in [-0.2, -0.15) is 0 Å². The first-order chi connectivity index (χ1) is 13.8. The van der Waals surface area contributed by atoms with Crippen LogP contribution in [0.5, 0.6) is 0 Å². The second-order valence-corrected chi connectivity index (χ2v) is 8.14. The molecule has 148 valence electrons. The molecule has 1 aromatic carbocycles. The van der Waals surface area contributed by atoms with E-state index in [1.807, 2.05) is 36.6 Å². The fourth-order valence-electron chi connectivity index (χ4n) is 3.87. The second kappa shape index (κ2) is 8.75. The van der Waals surface area contributed by atoms with Crippen molar-refractivity contribution in [2.24, 2.45) is 12.0 Å². The van der Waals surface area contributed by atoms with Crippen LogP contribution in [0, 0.1) is 0 Å². The highest BCUT2D eigenvalue weighted by molar-refractivity contribution is 7.10. The average molecular weight is 397 g/mol. The van der Waals surface area contributed by atoms with Gasteiger partial charge in [0.2, 0.25) is 0 Å². The van der Waals surface area contributed by atoms with E-state index in [-0.39, 0.29) is 0 Å². The van der Waals surface area contributed by atoms with Crippen LogP contribution in [0.25, 0.3) is 11.0 Å². The number of aryl methyl sites for hydroxylation is 1. The van der Waals surface area contributed by atoms with Crippen LogP contribution >= 0.6 is 11.3 Å². The number of para-hydroxylation sites is 2. The summed E-state index contributed by atoms with van der Waals surface area (Å²) in [5.74, 6) is 1.81. The lowest BCUT2D eigenvalue weighted by molar-refractivity contribution is 0.249. The fraction of sp³-hybridized carbons (Fsp3) is 0.429.